The molecule has 0 N–H and O–H groups in total. The predicted molar refractivity (Wildman–Crippen MR) is 71.7 cm³/mol. The van der Waals surface area contributed by atoms with E-state index in [0.717, 1.165) is 16.4 Å². The molecular formula is C13H13FN2O2S. The van der Waals surface area contributed by atoms with E-state index in [-0.39, 0.29) is 23.8 Å². The number of urea groups is 1. The monoisotopic (exact) mass is 280 g/mol. The van der Waals surface area contributed by atoms with Gasteiger partial charge in [-0.1, -0.05) is 0 Å². The third-order valence-electron chi connectivity index (χ3n) is 3.41. The highest BCUT2D eigenvalue weighted by Gasteiger charge is 2.40. The molecule has 3 rings (SSSR count). The lowest BCUT2D eigenvalue weighted by atomic mass is 10.1. The average molecular weight is 280 g/mol. The van der Waals surface area contributed by atoms with Gasteiger partial charge in [0.1, 0.15) is 5.82 Å². The van der Waals surface area contributed by atoms with Gasteiger partial charge in [0.25, 0.3) is 0 Å². The first-order valence-corrected chi connectivity index (χ1v) is 7.29. The molecule has 0 saturated carbocycles. The summed E-state index contributed by atoms with van der Waals surface area (Å²) < 4.78 is 12.9. The molecule has 0 bridgehead atoms. The maximum absolute atomic E-state index is 12.9. The Morgan fingerprint density at radius 3 is 2.68 bits per heavy atom. The summed E-state index contributed by atoms with van der Waals surface area (Å²) in [6.07, 6.45) is 0.343. The Morgan fingerprint density at radius 1 is 1.21 bits per heavy atom. The molecule has 2 aliphatic heterocycles. The molecule has 1 atom stereocenters. The highest BCUT2D eigenvalue weighted by molar-refractivity contribution is 7.99. The molecule has 4 nitrogen and oxygen atoms in total. The fourth-order valence-electron chi connectivity index (χ4n) is 2.45. The summed E-state index contributed by atoms with van der Waals surface area (Å²) in [5.41, 5.74) is 0.438. The third-order valence-corrected chi connectivity index (χ3v) is 4.50. The van der Waals surface area contributed by atoms with E-state index in [9.17, 15) is 14.0 Å². The summed E-state index contributed by atoms with van der Waals surface area (Å²) in [6.45, 7) is 0.666. The predicted octanol–water partition coefficient (Wildman–Crippen LogP) is 2.10. The first kappa shape index (κ1) is 12.5. The van der Waals surface area contributed by atoms with E-state index in [4.69, 9.17) is 0 Å². The van der Waals surface area contributed by atoms with Crippen LogP contribution in [0, 0.1) is 5.82 Å². The number of anilines is 1. The fourth-order valence-corrected chi connectivity index (χ4v) is 3.51. The number of benzene rings is 1. The van der Waals surface area contributed by atoms with Crippen LogP contribution in [-0.4, -0.2) is 40.9 Å². The van der Waals surface area contributed by atoms with Gasteiger partial charge in [0.05, 0.1) is 11.7 Å². The Labute approximate surface area is 114 Å². The van der Waals surface area contributed by atoms with Crippen molar-refractivity contribution in [3.8, 4) is 0 Å². The minimum atomic E-state index is -0.382. The molecule has 0 aromatic heterocycles. The molecule has 100 valence electrons. The second kappa shape index (κ2) is 4.85. The van der Waals surface area contributed by atoms with Crippen molar-refractivity contribution in [2.24, 2.45) is 0 Å². The molecule has 2 heterocycles. The topological polar surface area (TPSA) is 40.6 Å². The zero-order valence-electron chi connectivity index (χ0n) is 10.2. The number of hydrogen-bond donors (Lipinski definition) is 0. The Bertz CT molecular complexity index is 520. The van der Waals surface area contributed by atoms with Crippen molar-refractivity contribution in [2.75, 3.05) is 23.0 Å². The number of rotatable bonds is 1. The molecule has 1 unspecified atom stereocenters. The highest BCUT2D eigenvalue weighted by Crippen LogP contribution is 2.28. The quantitative estimate of drug-likeness (QED) is 0.791. The number of thioether (sulfide) groups is 1. The Morgan fingerprint density at radius 2 is 1.95 bits per heavy atom. The summed E-state index contributed by atoms with van der Waals surface area (Å²) in [6, 6.07) is 5.17. The van der Waals surface area contributed by atoms with Crippen LogP contribution in [0.1, 0.15) is 6.42 Å². The van der Waals surface area contributed by atoms with Crippen LogP contribution in [0.5, 0.6) is 0 Å². The SMILES string of the molecule is O=C1CC2CSCCN2C(=O)N1c1ccc(F)cc1. The zero-order chi connectivity index (χ0) is 13.4. The van der Waals surface area contributed by atoms with Crippen molar-refractivity contribution in [3.05, 3.63) is 30.1 Å². The lowest BCUT2D eigenvalue weighted by Gasteiger charge is -2.42. The fraction of sp³-hybridized carbons (Fsp3) is 0.385. The maximum Gasteiger partial charge on any atom is 0.331 e. The van der Waals surface area contributed by atoms with E-state index < -0.39 is 0 Å². The molecule has 2 aliphatic rings. The zero-order valence-corrected chi connectivity index (χ0v) is 11.0. The van der Waals surface area contributed by atoms with Gasteiger partial charge < -0.3 is 4.90 Å². The Hall–Kier alpha value is -1.56. The summed E-state index contributed by atoms with van der Waals surface area (Å²) in [5, 5.41) is 0. The molecule has 2 saturated heterocycles. The van der Waals surface area contributed by atoms with Crippen LogP contribution in [-0.2, 0) is 4.79 Å². The Kier molecular flexibility index (Phi) is 3.18. The minimum absolute atomic E-state index is 0.00967. The first-order valence-electron chi connectivity index (χ1n) is 6.13. The van der Waals surface area contributed by atoms with Crippen molar-refractivity contribution in [3.63, 3.8) is 0 Å². The van der Waals surface area contributed by atoms with Gasteiger partial charge in [0.2, 0.25) is 5.91 Å². The van der Waals surface area contributed by atoms with E-state index in [1.165, 1.54) is 24.3 Å². The summed E-state index contributed by atoms with van der Waals surface area (Å²) in [7, 11) is 0. The van der Waals surface area contributed by atoms with Gasteiger partial charge in [-0.15, -0.1) is 0 Å². The van der Waals surface area contributed by atoms with Crippen LogP contribution in [0.3, 0.4) is 0 Å². The van der Waals surface area contributed by atoms with Gasteiger partial charge in [-0.2, -0.15) is 11.8 Å². The number of fused-ring (bicyclic) bond motifs is 1. The molecule has 3 amide bonds. The number of hydrogen-bond acceptors (Lipinski definition) is 3. The number of nitrogens with zero attached hydrogens (tertiary/aromatic N) is 2. The summed E-state index contributed by atoms with van der Waals surface area (Å²) in [5.74, 6) is 1.12. The second-order valence-corrected chi connectivity index (χ2v) is 5.76. The van der Waals surface area contributed by atoms with Crippen molar-refractivity contribution >= 4 is 29.4 Å². The van der Waals surface area contributed by atoms with Crippen LogP contribution in [0.15, 0.2) is 24.3 Å². The van der Waals surface area contributed by atoms with Crippen molar-refractivity contribution < 1.29 is 14.0 Å². The molecule has 1 aromatic rings. The number of carbonyl (C=O) groups is 2. The van der Waals surface area contributed by atoms with Gasteiger partial charge in [-0.3, -0.25) is 4.79 Å². The third kappa shape index (κ3) is 2.20. The van der Waals surface area contributed by atoms with E-state index in [0.29, 0.717) is 18.7 Å². The molecule has 2 fully saturated rings. The molecule has 6 heteroatoms. The first-order chi connectivity index (χ1) is 9.16. The van der Waals surface area contributed by atoms with Gasteiger partial charge in [0.15, 0.2) is 0 Å². The van der Waals surface area contributed by atoms with E-state index >= 15 is 0 Å². The van der Waals surface area contributed by atoms with Crippen LogP contribution in [0.4, 0.5) is 14.9 Å². The maximum atomic E-state index is 12.9. The number of carbonyl (C=O) groups excluding carboxylic acids is 2. The standard InChI is InChI=1S/C13H13FN2O2S/c14-9-1-3-10(4-2-9)16-12(17)7-11-8-19-6-5-15(11)13(16)18/h1-4,11H,5-8H2. The van der Waals surface area contributed by atoms with Crippen LogP contribution < -0.4 is 4.90 Å². The molecule has 0 aliphatic carbocycles. The van der Waals surface area contributed by atoms with Crippen molar-refractivity contribution in [1.29, 1.82) is 0 Å². The minimum Gasteiger partial charge on any atom is -0.319 e. The van der Waals surface area contributed by atoms with Gasteiger partial charge in [-0.25, -0.2) is 14.1 Å². The van der Waals surface area contributed by atoms with E-state index in [2.05, 4.69) is 0 Å². The molecule has 0 radical (unpaired) electrons. The Balaban J connectivity index is 1.90. The number of halogens is 1. The molecule has 0 spiro atoms. The average Bonchev–Trinajstić information content (AvgIpc) is 2.41. The lowest BCUT2D eigenvalue weighted by Crippen LogP contribution is -2.59. The van der Waals surface area contributed by atoms with Gasteiger partial charge in [0, 0.05) is 24.5 Å². The molecule has 19 heavy (non-hydrogen) atoms. The summed E-state index contributed by atoms with van der Waals surface area (Å²) in [4.78, 5) is 27.4. The lowest BCUT2D eigenvalue weighted by molar-refractivity contribution is -0.120. The smallest absolute Gasteiger partial charge is 0.319 e. The van der Waals surface area contributed by atoms with Gasteiger partial charge in [-0.05, 0) is 24.3 Å². The van der Waals surface area contributed by atoms with Crippen LogP contribution >= 0.6 is 11.8 Å². The molecule has 1 aromatic carbocycles. The number of imide groups is 1. The van der Waals surface area contributed by atoms with Crippen LogP contribution in [0.2, 0.25) is 0 Å². The van der Waals surface area contributed by atoms with Crippen molar-refractivity contribution in [1.82, 2.24) is 4.90 Å². The van der Waals surface area contributed by atoms with Crippen LogP contribution in [0.25, 0.3) is 0 Å². The van der Waals surface area contributed by atoms with Crippen molar-refractivity contribution in [2.45, 2.75) is 12.5 Å². The number of amides is 3. The van der Waals surface area contributed by atoms with E-state index in [1.54, 1.807) is 16.7 Å². The molecular weight excluding hydrogens is 267 g/mol. The summed E-state index contributed by atoms with van der Waals surface area (Å²) >= 11 is 1.77. The normalized spacial score (nSPS) is 23.5. The second-order valence-electron chi connectivity index (χ2n) is 4.61. The van der Waals surface area contributed by atoms with Gasteiger partial charge >= 0.3 is 6.03 Å². The highest BCUT2D eigenvalue weighted by atomic mass is 32.2. The van der Waals surface area contributed by atoms with E-state index in [1.807, 2.05) is 0 Å². The largest absolute Gasteiger partial charge is 0.331 e.